The maximum atomic E-state index is 10.9. The Hall–Kier alpha value is -0.970. The standard InChI is InChI=1S/C17H30O2/c1-3-5-6-7-8-9-10-11-12-13-15-16(14-4-2)17(18)19/h16H,3,5-13,15H2,1-2H3,(H,18,19). The maximum absolute atomic E-state index is 10.9. The third-order valence-corrected chi connectivity index (χ3v) is 3.46. The molecule has 0 aromatic rings. The van der Waals surface area contributed by atoms with E-state index in [0.29, 0.717) is 6.42 Å². The molecule has 1 atom stereocenters. The molecule has 1 N–H and O–H groups in total. The quantitative estimate of drug-likeness (QED) is 0.398. The van der Waals surface area contributed by atoms with Crippen LogP contribution in [0.15, 0.2) is 0 Å². The van der Waals surface area contributed by atoms with Crippen LogP contribution >= 0.6 is 0 Å². The van der Waals surface area contributed by atoms with Crippen LogP contribution < -0.4 is 0 Å². The molecule has 0 saturated carbocycles. The van der Waals surface area contributed by atoms with Gasteiger partial charge in [-0.25, -0.2) is 0 Å². The Morgan fingerprint density at radius 2 is 1.42 bits per heavy atom. The molecular weight excluding hydrogens is 236 g/mol. The van der Waals surface area contributed by atoms with Crippen LogP contribution in [0.25, 0.3) is 0 Å². The minimum Gasteiger partial charge on any atom is -0.480 e. The molecule has 0 aliphatic carbocycles. The summed E-state index contributed by atoms with van der Waals surface area (Å²) < 4.78 is 0. The molecule has 0 radical (unpaired) electrons. The van der Waals surface area contributed by atoms with Gasteiger partial charge in [-0.1, -0.05) is 77.1 Å². The molecule has 0 fully saturated rings. The summed E-state index contributed by atoms with van der Waals surface area (Å²) in [6, 6.07) is 0. The molecule has 0 amide bonds. The van der Waals surface area contributed by atoms with Gasteiger partial charge in [0.1, 0.15) is 5.92 Å². The van der Waals surface area contributed by atoms with Crippen LogP contribution in [-0.4, -0.2) is 11.1 Å². The summed E-state index contributed by atoms with van der Waals surface area (Å²) >= 11 is 0. The average molecular weight is 266 g/mol. The van der Waals surface area contributed by atoms with Crippen LogP contribution in [0, 0.1) is 17.8 Å². The molecule has 110 valence electrons. The van der Waals surface area contributed by atoms with Crippen LogP contribution in [0.2, 0.25) is 0 Å². The number of hydrogen-bond acceptors (Lipinski definition) is 1. The first-order valence-corrected chi connectivity index (χ1v) is 7.87. The molecule has 19 heavy (non-hydrogen) atoms. The average Bonchev–Trinajstić information content (AvgIpc) is 2.39. The van der Waals surface area contributed by atoms with Crippen LogP contribution in [0.1, 0.15) is 84.5 Å². The summed E-state index contributed by atoms with van der Waals surface area (Å²) in [6.07, 6.45) is 13.5. The van der Waals surface area contributed by atoms with Crippen LogP contribution in [0.4, 0.5) is 0 Å². The van der Waals surface area contributed by atoms with E-state index in [4.69, 9.17) is 5.11 Å². The Labute approximate surface area is 119 Å². The fraction of sp³-hybridized carbons (Fsp3) is 0.824. The van der Waals surface area contributed by atoms with Crippen molar-refractivity contribution in [3.05, 3.63) is 0 Å². The zero-order valence-corrected chi connectivity index (χ0v) is 12.7. The number of carboxylic acids is 1. The second-order valence-corrected chi connectivity index (χ2v) is 5.26. The van der Waals surface area contributed by atoms with E-state index in [0.717, 1.165) is 12.8 Å². The fourth-order valence-electron chi connectivity index (χ4n) is 2.27. The van der Waals surface area contributed by atoms with Crippen molar-refractivity contribution in [3.63, 3.8) is 0 Å². The summed E-state index contributed by atoms with van der Waals surface area (Å²) in [5.74, 6) is 4.23. The van der Waals surface area contributed by atoms with Gasteiger partial charge in [0.25, 0.3) is 0 Å². The number of rotatable bonds is 12. The lowest BCUT2D eigenvalue weighted by Crippen LogP contribution is -2.11. The Morgan fingerprint density at radius 3 is 1.84 bits per heavy atom. The topological polar surface area (TPSA) is 37.3 Å². The molecule has 2 nitrogen and oxygen atoms in total. The Morgan fingerprint density at radius 1 is 0.947 bits per heavy atom. The summed E-state index contributed by atoms with van der Waals surface area (Å²) in [4.78, 5) is 10.9. The molecule has 0 bridgehead atoms. The fourth-order valence-corrected chi connectivity index (χ4v) is 2.27. The smallest absolute Gasteiger partial charge is 0.318 e. The van der Waals surface area contributed by atoms with Gasteiger partial charge in [0.15, 0.2) is 0 Å². The molecule has 0 aromatic carbocycles. The predicted molar refractivity (Wildman–Crippen MR) is 81.0 cm³/mol. The van der Waals surface area contributed by atoms with Gasteiger partial charge in [0, 0.05) is 0 Å². The van der Waals surface area contributed by atoms with E-state index < -0.39 is 11.9 Å². The van der Waals surface area contributed by atoms with Gasteiger partial charge < -0.3 is 5.11 Å². The summed E-state index contributed by atoms with van der Waals surface area (Å²) in [7, 11) is 0. The maximum Gasteiger partial charge on any atom is 0.318 e. The lowest BCUT2D eigenvalue weighted by Gasteiger charge is -2.05. The van der Waals surface area contributed by atoms with Gasteiger partial charge in [-0.15, -0.1) is 5.92 Å². The zero-order chi connectivity index (χ0) is 14.3. The highest BCUT2D eigenvalue weighted by Gasteiger charge is 2.12. The van der Waals surface area contributed by atoms with E-state index in [-0.39, 0.29) is 0 Å². The monoisotopic (exact) mass is 266 g/mol. The van der Waals surface area contributed by atoms with Crippen molar-refractivity contribution in [2.75, 3.05) is 0 Å². The highest BCUT2D eigenvalue weighted by atomic mass is 16.4. The van der Waals surface area contributed by atoms with Gasteiger partial charge in [-0.3, -0.25) is 4.79 Å². The van der Waals surface area contributed by atoms with Crippen molar-refractivity contribution in [2.24, 2.45) is 5.92 Å². The third kappa shape index (κ3) is 11.8. The van der Waals surface area contributed by atoms with Gasteiger partial charge in [-0.05, 0) is 13.3 Å². The molecule has 0 spiro atoms. The molecule has 0 aliphatic heterocycles. The molecule has 1 unspecified atom stereocenters. The van der Waals surface area contributed by atoms with Gasteiger partial charge in [-0.2, -0.15) is 0 Å². The molecule has 2 heteroatoms. The number of carboxylic acid groups (broad SMARTS) is 1. The number of unbranched alkanes of at least 4 members (excludes halogenated alkanes) is 9. The second kappa shape index (κ2) is 13.5. The predicted octanol–water partition coefficient (Wildman–Crippen LogP) is 5.02. The van der Waals surface area contributed by atoms with Crippen LogP contribution in [0.3, 0.4) is 0 Å². The first-order chi connectivity index (χ1) is 9.22. The van der Waals surface area contributed by atoms with Crippen LogP contribution in [-0.2, 0) is 4.79 Å². The molecule has 0 aliphatic rings. The first kappa shape index (κ1) is 18.0. The summed E-state index contributed by atoms with van der Waals surface area (Å²) in [5, 5.41) is 8.95. The number of aliphatic carboxylic acids is 1. The minimum absolute atomic E-state index is 0.459. The lowest BCUT2D eigenvalue weighted by atomic mass is 10.0. The highest BCUT2D eigenvalue weighted by molar-refractivity contribution is 5.73. The van der Waals surface area contributed by atoms with E-state index in [1.165, 1.54) is 51.4 Å². The minimum atomic E-state index is -0.773. The Kier molecular flexibility index (Phi) is 12.8. The van der Waals surface area contributed by atoms with E-state index in [9.17, 15) is 4.79 Å². The van der Waals surface area contributed by atoms with Gasteiger partial charge in [0.2, 0.25) is 0 Å². The van der Waals surface area contributed by atoms with Gasteiger partial charge in [0.05, 0.1) is 0 Å². The Bertz CT molecular complexity index is 273. The normalized spacial score (nSPS) is 11.7. The molecular formula is C17H30O2. The van der Waals surface area contributed by atoms with E-state index in [2.05, 4.69) is 18.8 Å². The van der Waals surface area contributed by atoms with Crippen molar-refractivity contribution in [1.82, 2.24) is 0 Å². The molecule has 0 heterocycles. The first-order valence-electron chi connectivity index (χ1n) is 7.87. The second-order valence-electron chi connectivity index (χ2n) is 5.26. The SMILES string of the molecule is CC#CC(CCCCCCCCCCCC)C(=O)O. The number of carbonyl (C=O) groups is 1. The molecule has 0 aromatic heterocycles. The highest BCUT2D eigenvalue weighted by Crippen LogP contribution is 2.13. The van der Waals surface area contributed by atoms with Crippen molar-refractivity contribution in [1.29, 1.82) is 0 Å². The summed E-state index contributed by atoms with van der Waals surface area (Å²) in [5.41, 5.74) is 0. The lowest BCUT2D eigenvalue weighted by molar-refractivity contribution is -0.139. The Balaban J connectivity index is 3.34. The van der Waals surface area contributed by atoms with E-state index in [1.54, 1.807) is 6.92 Å². The van der Waals surface area contributed by atoms with Crippen molar-refractivity contribution >= 4 is 5.97 Å². The van der Waals surface area contributed by atoms with Gasteiger partial charge >= 0.3 is 5.97 Å². The third-order valence-electron chi connectivity index (χ3n) is 3.46. The number of hydrogen-bond donors (Lipinski definition) is 1. The van der Waals surface area contributed by atoms with E-state index in [1.807, 2.05) is 0 Å². The molecule has 0 rings (SSSR count). The van der Waals surface area contributed by atoms with Crippen molar-refractivity contribution < 1.29 is 9.90 Å². The van der Waals surface area contributed by atoms with Crippen molar-refractivity contribution in [3.8, 4) is 11.8 Å². The largest absolute Gasteiger partial charge is 0.480 e. The zero-order valence-electron chi connectivity index (χ0n) is 12.7. The van der Waals surface area contributed by atoms with Crippen LogP contribution in [0.5, 0.6) is 0 Å². The van der Waals surface area contributed by atoms with Crippen molar-refractivity contribution in [2.45, 2.75) is 84.5 Å². The van der Waals surface area contributed by atoms with E-state index >= 15 is 0 Å². The molecule has 0 saturated heterocycles. The summed E-state index contributed by atoms with van der Waals surface area (Å²) in [6.45, 7) is 3.95.